The number of halogens is 2. The minimum Gasteiger partial charge on any atom is -0.367 e. The maximum absolute atomic E-state index is 5.45. The van der Waals surface area contributed by atoms with Crippen LogP contribution in [0.3, 0.4) is 0 Å². The summed E-state index contributed by atoms with van der Waals surface area (Å²) in [6.45, 7) is 0.736. The van der Waals surface area contributed by atoms with Crippen LogP contribution in [-0.2, 0) is 4.74 Å². The molecule has 1 nitrogen and oxygen atoms in total. The molecule has 0 amide bonds. The predicted molar refractivity (Wildman–Crippen MR) is 30.1 cm³/mol. The molecule has 1 aliphatic rings. The standard InChI is InChI=1S/C4H6Cl2O/c5-1-4(2-6)3-7-4/h1-3H2. The molecule has 1 heterocycles. The summed E-state index contributed by atoms with van der Waals surface area (Å²) >= 11 is 10.9. The minimum atomic E-state index is -0.136. The lowest BCUT2D eigenvalue weighted by Crippen LogP contribution is -2.14. The molecule has 0 spiro atoms. The Morgan fingerprint density at radius 3 is 1.86 bits per heavy atom. The molecule has 1 rings (SSSR count). The number of rotatable bonds is 2. The SMILES string of the molecule is ClCC1(CCl)CO1. The second kappa shape index (κ2) is 1.81. The van der Waals surface area contributed by atoms with E-state index in [0.29, 0.717) is 11.8 Å². The number of ether oxygens (including phenoxy) is 1. The lowest BCUT2D eigenvalue weighted by Gasteiger charge is -1.96. The van der Waals surface area contributed by atoms with Gasteiger partial charge < -0.3 is 4.74 Å². The lowest BCUT2D eigenvalue weighted by atomic mass is 10.2. The molecule has 0 unspecified atom stereocenters. The van der Waals surface area contributed by atoms with E-state index >= 15 is 0 Å². The van der Waals surface area contributed by atoms with Crippen LogP contribution >= 0.6 is 23.2 Å². The summed E-state index contributed by atoms with van der Waals surface area (Å²) in [5.74, 6) is 1.05. The minimum absolute atomic E-state index is 0.136. The molecule has 42 valence electrons. The monoisotopic (exact) mass is 140 g/mol. The molecule has 0 atom stereocenters. The quantitative estimate of drug-likeness (QED) is 0.416. The van der Waals surface area contributed by atoms with Crippen LogP contribution in [0.4, 0.5) is 0 Å². The van der Waals surface area contributed by atoms with Crippen LogP contribution in [0.15, 0.2) is 0 Å². The molecule has 1 saturated heterocycles. The molecule has 0 aliphatic carbocycles. The largest absolute Gasteiger partial charge is 0.367 e. The van der Waals surface area contributed by atoms with E-state index in [1.165, 1.54) is 0 Å². The molecular formula is C4H6Cl2O. The molecule has 0 saturated carbocycles. The summed E-state index contributed by atoms with van der Waals surface area (Å²) in [7, 11) is 0. The highest BCUT2D eigenvalue weighted by atomic mass is 35.5. The maximum Gasteiger partial charge on any atom is 0.118 e. The van der Waals surface area contributed by atoms with Gasteiger partial charge in [0.15, 0.2) is 0 Å². The summed E-state index contributed by atoms with van der Waals surface area (Å²) in [6, 6.07) is 0. The van der Waals surface area contributed by atoms with Gasteiger partial charge in [-0.05, 0) is 0 Å². The molecule has 7 heavy (non-hydrogen) atoms. The Morgan fingerprint density at radius 2 is 1.86 bits per heavy atom. The molecule has 0 aromatic carbocycles. The fourth-order valence-electron chi connectivity index (χ4n) is 0.292. The smallest absolute Gasteiger partial charge is 0.118 e. The molecule has 1 aliphatic heterocycles. The van der Waals surface area contributed by atoms with Crippen molar-refractivity contribution in [3.8, 4) is 0 Å². The maximum atomic E-state index is 5.45. The molecule has 0 aromatic heterocycles. The van der Waals surface area contributed by atoms with Gasteiger partial charge >= 0.3 is 0 Å². The van der Waals surface area contributed by atoms with Crippen LogP contribution in [0, 0.1) is 0 Å². The fourth-order valence-corrected chi connectivity index (χ4v) is 0.886. The van der Waals surface area contributed by atoms with E-state index in [4.69, 9.17) is 27.9 Å². The van der Waals surface area contributed by atoms with Crippen molar-refractivity contribution in [3.05, 3.63) is 0 Å². The van der Waals surface area contributed by atoms with Crippen LogP contribution in [0.25, 0.3) is 0 Å². The van der Waals surface area contributed by atoms with Crippen molar-refractivity contribution in [1.29, 1.82) is 0 Å². The third-order valence-corrected chi connectivity index (χ3v) is 2.01. The van der Waals surface area contributed by atoms with Gasteiger partial charge in [0.05, 0.1) is 18.4 Å². The zero-order valence-corrected chi connectivity index (χ0v) is 5.30. The third kappa shape index (κ3) is 1.01. The van der Waals surface area contributed by atoms with Gasteiger partial charge in [0, 0.05) is 0 Å². The summed E-state index contributed by atoms with van der Waals surface area (Å²) in [5.41, 5.74) is -0.136. The van der Waals surface area contributed by atoms with Gasteiger partial charge in [-0.2, -0.15) is 0 Å². The first-order valence-electron chi connectivity index (χ1n) is 2.09. The lowest BCUT2D eigenvalue weighted by molar-refractivity contribution is 0.350. The van der Waals surface area contributed by atoms with Crippen molar-refractivity contribution in [2.45, 2.75) is 5.60 Å². The van der Waals surface area contributed by atoms with Crippen LogP contribution in [0.1, 0.15) is 0 Å². The first-order valence-corrected chi connectivity index (χ1v) is 3.16. The number of epoxide rings is 1. The zero-order chi connectivity index (χ0) is 5.33. The summed E-state index contributed by atoms with van der Waals surface area (Å²) in [5, 5.41) is 0. The van der Waals surface area contributed by atoms with E-state index in [1.54, 1.807) is 0 Å². The highest BCUT2D eigenvalue weighted by molar-refractivity contribution is 6.22. The molecule has 0 N–H and O–H groups in total. The van der Waals surface area contributed by atoms with Gasteiger partial charge in [-0.25, -0.2) is 0 Å². The van der Waals surface area contributed by atoms with E-state index < -0.39 is 0 Å². The Kier molecular flexibility index (Phi) is 1.46. The summed E-state index contributed by atoms with van der Waals surface area (Å²) < 4.78 is 4.93. The molecule has 1 fully saturated rings. The average Bonchev–Trinajstić information content (AvgIpc) is 2.46. The predicted octanol–water partition coefficient (Wildman–Crippen LogP) is 1.23. The normalized spacial score (nSPS) is 24.9. The van der Waals surface area contributed by atoms with Crippen molar-refractivity contribution in [2.24, 2.45) is 0 Å². The third-order valence-electron chi connectivity index (χ3n) is 1.04. The van der Waals surface area contributed by atoms with E-state index in [0.717, 1.165) is 6.61 Å². The van der Waals surface area contributed by atoms with E-state index in [-0.39, 0.29) is 5.60 Å². The summed E-state index contributed by atoms with van der Waals surface area (Å²) in [6.07, 6.45) is 0. The highest BCUT2D eigenvalue weighted by Gasteiger charge is 2.42. The van der Waals surface area contributed by atoms with Gasteiger partial charge in [0.1, 0.15) is 5.60 Å². The Morgan fingerprint density at radius 1 is 1.43 bits per heavy atom. The number of hydrogen-bond donors (Lipinski definition) is 0. The molecular weight excluding hydrogens is 135 g/mol. The van der Waals surface area contributed by atoms with E-state index in [2.05, 4.69) is 0 Å². The first-order chi connectivity index (χ1) is 3.33. The number of hydrogen-bond acceptors (Lipinski definition) is 1. The summed E-state index contributed by atoms with van der Waals surface area (Å²) in [4.78, 5) is 0. The Labute approximate surface area is 52.5 Å². The van der Waals surface area contributed by atoms with Crippen molar-refractivity contribution >= 4 is 23.2 Å². The highest BCUT2D eigenvalue weighted by Crippen LogP contribution is 2.29. The van der Waals surface area contributed by atoms with Gasteiger partial charge in [0.25, 0.3) is 0 Å². The van der Waals surface area contributed by atoms with Crippen LogP contribution in [0.5, 0.6) is 0 Å². The average molecular weight is 141 g/mol. The van der Waals surface area contributed by atoms with Crippen molar-refractivity contribution in [1.82, 2.24) is 0 Å². The van der Waals surface area contributed by atoms with Gasteiger partial charge in [-0.1, -0.05) is 0 Å². The van der Waals surface area contributed by atoms with Gasteiger partial charge in [-0.15, -0.1) is 23.2 Å². The van der Waals surface area contributed by atoms with Crippen molar-refractivity contribution in [3.63, 3.8) is 0 Å². The first kappa shape index (κ1) is 5.67. The van der Waals surface area contributed by atoms with E-state index in [9.17, 15) is 0 Å². The Balaban J connectivity index is 2.28. The van der Waals surface area contributed by atoms with Crippen LogP contribution in [-0.4, -0.2) is 24.0 Å². The molecule has 3 heteroatoms. The van der Waals surface area contributed by atoms with E-state index in [1.807, 2.05) is 0 Å². The molecule has 0 aromatic rings. The number of alkyl halides is 2. The van der Waals surface area contributed by atoms with Gasteiger partial charge in [-0.3, -0.25) is 0 Å². The second-order valence-corrected chi connectivity index (χ2v) is 2.27. The van der Waals surface area contributed by atoms with Gasteiger partial charge in [0.2, 0.25) is 0 Å². The van der Waals surface area contributed by atoms with Crippen LogP contribution < -0.4 is 0 Å². The molecule has 0 bridgehead atoms. The second-order valence-electron chi connectivity index (χ2n) is 1.74. The topological polar surface area (TPSA) is 12.5 Å². The molecule has 0 radical (unpaired) electrons. The zero-order valence-electron chi connectivity index (χ0n) is 3.79. The Bertz CT molecular complexity index is 64.1. The fraction of sp³-hybridized carbons (Fsp3) is 1.00. The Hall–Kier alpha value is 0.540. The van der Waals surface area contributed by atoms with Crippen molar-refractivity contribution in [2.75, 3.05) is 18.4 Å². The van der Waals surface area contributed by atoms with Crippen LogP contribution in [0.2, 0.25) is 0 Å². The van der Waals surface area contributed by atoms with Crippen molar-refractivity contribution < 1.29 is 4.74 Å².